The van der Waals surface area contributed by atoms with E-state index in [1.807, 2.05) is 35.2 Å². The van der Waals surface area contributed by atoms with E-state index < -0.39 is 36.6 Å². The predicted octanol–water partition coefficient (Wildman–Crippen LogP) is 3.39. The molecule has 0 saturated carbocycles. The highest BCUT2D eigenvalue weighted by Crippen LogP contribution is 2.44. The van der Waals surface area contributed by atoms with E-state index in [4.69, 9.17) is 4.74 Å². The summed E-state index contributed by atoms with van der Waals surface area (Å²) in [6.45, 7) is 0.749. The maximum absolute atomic E-state index is 14.6. The van der Waals surface area contributed by atoms with Gasteiger partial charge in [-0.15, -0.1) is 0 Å². The summed E-state index contributed by atoms with van der Waals surface area (Å²) in [7, 11) is -7.31. The van der Waals surface area contributed by atoms with E-state index in [2.05, 4.69) is 0 Å². The first-order valence-corrected chi connectivity index (χ1v) is 14.1. The third-order valence-corrected chi connectivity index (χ3v) is 9.59. The smallest absolute Gasteiger partial charge is 0.268 e. The van der Waals surface area contributed by atoms with Crippen molar-refractivity contribution < 1.29 is 26.0 Å². The highest BCUT2D eigenvalue weighted by Gasteiger charge is 2.39. The zero-order valence-corrected chi connectivity index (χ0v) is 19.8. The molecular weight excluding hydrogens is 479 g/mol. The van der Waals surface area contributed by atoms with Crippen LogP contribution >= 0.6 is 0 Å². The van der Waals surface area contributed by atoms with Crippen molar-refractivity contribution in [3.63, 3.8) is 0 Å². The largest absolute Gasteiger partial charge is 0.489 e. The number of sulfone groups is 1. The summed E-state index contributed by atoms with van der Waals surface area (Å²) in [6.07, 6.45) is 0. The SMILES string of the molecule is O=S1(=O)CCN(c2ccc3c(c2)OCC(c2ccccc2)N3S(=O)(=O)c2ccccc2F)CC1. The molecule has 0 radical (unpaired) electrons. The van der Waals surface area contributed by atoms with Gasteiger partial charge >= 0.3 is 0 Å². The third-order valence-electron chi connectivity index (χ3n) is 6.13. The van der Waals surface area contributed by atoms with Crippen LogP contribution in [0, 0.1) is 5.82 Å². The number of sulfonamides is 1. The van der Waals surface area contributed by atoms with Gasteiger partial charge in [0.1, 0.15) is 29.1 Å². The molecule has 1 atom stereocenters. The van der Waals surface area contributed by atoms with Crippen LogP contribution in [-0.2, 0) is 19.9 Å². The Labute approximate surface area is 198 Å². The first kappa shape index (κ1) is 22.7. The molecule has 0 aromatic heterocycles. The molecule has 0 N–H and O–H groups in total. The highest BCUT2D eigenvalue weighted by atomic mass is 32.2. The van der Waals surface area contributed by atoms with Gasteiger partial charge in [-0.2, -0.15) is 0 Å². The number of hydrogen-bond acceptors (Lipinski definition) is 6. The molecule has 2 aliphatic heterocycles. The van der Waals surface area contributed by atoms with Crippen LogP contribution in [0.3, 0.4) is 0 Å². The lowest BCUT2D eigenvalue weighted by molar-refractivity contribution is 0.275. The molecule has 5 rings (SSSR count). The van der Waals surface area contributed by atoms with Crippen molar-refractivity contribution in [1.29, 1.82) is 0 Å². The van der Waals surface area contributed by atoms with E-state index in [0.717, 1.165) is 17.3 Å². The molecule has 1 unspecified atom stereocenters. The van der Waals surface area contributed by atoms with Crippen molar-refractivity contribution in [3.05, 3.63) is 84.2 Å². The van der Waals surface area contributed by atoms with Gasteiger partial charge in [-0.3, -0.25) is 4.31 Å². The van der Waals surface area contributed by atoms with Gasteiger partial charge in [0.25, 0.3) is 10.0 Å². The molecule has 178 valence electrons. The van der Waals surface area contributed by atoms with Crippen LogP contribution in [0.4, 0.5) is 15.8 Å². The summed E-state index contributed by atoms with van der Waals surface area (Å²) in [5, 5.41) is 0. The zero-order valence-electron chi connectivity index (χ0n) is 18.2. The molecule has 0 spiro atoms. The summed E-state index contributed by atoms with van der Waals surface area (Å²) >= 11 is 0. The van der Waals surface area contributed by atoms with Crippen LogP contribution in [-0.4, -0.2) is 48.0 Å². The Morgan fingerprint density at radius 1 is 0.912 bits per heavy atom. The lowest BCUT2D eigenvalue weighted by atomic mass is 10.1. The van der Waals surface area contributed by atoms with Crippen molar-refractivity contribution in [2.24, 2.45) is 0 Å². The Kier molecular flexibility index (Phi) is 5.73. The van der Waals surface area contributed by atoms with Crippen molar-refractivity contribution in [2.45, 2.75) is 10.9 Å². The van der Waals surface area contributed by atoms with Crippen molar-refractivity contribution in [2.75, 3.05) is 40.4 Å². The fourth-order valence-electron chi connectivity index (χ4n) is 4.34. The molecule has 2 heterocycles. The topological polar surface area (TPSA) is 84.0 Å². The predicted molar refractivity (Wildman–Crippen MR) is 128 cm³/mol. The molecule has 2 aliphatic rings. The maximum atomic E-state index is 14.6. The van der Waals surface area contributed by atoms with Crippen LogP contribution in [0.15, 0.2) is 77.7 Å². The Bertz CT molecular complexity index is 1410. The van der Waals surface area contributed by atoms with E-state index in [1.165, 1.54) is 22.5 Å². The van der Waals surface area contributed by atoms with Gasteiger partial charge in [0.05, 0.1) is 17.2 Å². The Morgan fingerprint density at radius 2 is 1.59 bits per heavy atom. The van der Waals surface area contributed by atoms with Gasteiger partial charge < -0.3 is 9.64 Å². The minimum atomic E-state index is -4.27. The molecule has 3 aromatic rings. The molecule has 1 saturated heterocycles. The number of nitrogens with zero attached hydrogens (tertiary/aromatic N) is 2. The summed E-state index contributed by atoms with van der Waals surface area (Å²) in [5.41, 5.74) is 1.77. The number of anilines is 2. The van der Waals surface area contributed by atoms with Crippen molar-refractivity contribution >= 4 is 31.2 Å². The average Bonchev–Trinajstić information content (AvgIpc) is 2.83. The third kappa shape index (κ3) is 4.12. The summed E-state index contributed by atoms with van der Waals surface area (Å²) in [4.78, 5) is 1.53. The minimum Gasteiger partial charge on any atom is -0.489 e. The maximum Gasteiger partial charge on any atom is 0.268 e. The summed E-state index contributed by atoms with van der Waals surface area (Å²) < 4.78 is 73.0. The summed E-state index contributed by atoms with van der Waals surface area (Å²) in [5.74, 6) is -0.351. The second kappa shape index (κ2) is 8.59. The Hall–Kier alpha value is -3.11. The lowest BCUT2D eigenvalue weighted by Gasteiger charge is -2.38. The first-order chi connectivity index (χ1) is 16.3. The summed E-state index contributed by atoms with van der Waals surface area (Å²) in [6, 6.07) is 18.8. The molecular formula is C24H23FN2O5S2. The fourth-order valence-corrected chi connectivity index (χ4v) is 7.24. The van der Waals surface area contributed by atoms with Gasteiger partial charge in [-0.1, -0.05) is 42.5 Å². The number of rotatable bonds is 4. The number of halogens is 1. The fraction of sp³-hybridized carbons (Fsp3) is 0.250. The van der Waals surface area contributed by atoms with Crippen LogP contribution in [0.5, 0.6) is 5.75 Å². The number of fused-ring (bicyclic) bond motifs is 1. The molecule has 10 heteroatoms. The van der Waals surface area contributed by atoms with E-state index in [1.54, 1.807) is 18.2 Å². The quantitative estimate of drug-likeness (QED) is 0.544. The first-order valence-electron chi connectivity index (χ1n) is 10.8. The van der Waals surface area contributed by atoms with Crippen LogP contribution in [0.1, 0.15) is 11.6 Å². The second-order valence-electron chi connectivity index (χ2n) is 8.26. The number of benzene rings is 3. The molecule has 0 amide bonds. The minimum absolute atomic E-state index is 0.0442. The normalized spacial score (nSPS) is 19.9. The van der Waals surface area contributed by atoms with Crippen LogP contribution in [0.25, 0.3) is 0 Å². The van der Waals surface area contributed by atoms with Gasteiger partial charge in [0.15, 0.2) is 9.84 Å². The van der Waals surface area contributed by atoms with Gasteiger partial charge in [0, 0.05) is 24.8 Å². The van der Waals surface area contributed by atoms with Crippen LogP contribution < -0.4 is 13.9 Å². The molecule has 34 heavy (non-hydrogen) atoms. The van der Waals surface area contributed by atoms with E-state index in [-0.39, 0.29) is 18.1 Å². The molecule has 3 aromatic carbocycles. The van der Waals surface area contributed by atoms with Crippen molar-refractivity contribution in [3.8, 4) is 5.75 Å². The molecule has 1 fully saturated rings. The van der Waals surface area contributed by atoms with Gasteiger partial charge in [-0.05, 0) is 29.8 Å². The molecule has 7 nitrogen and oxygen atoms in total. The molecule has 0 aliphatic carbocycles. The van der Waals surface area contributed by atoms with Crippen LogP contribution in [0.2, 0.25) is 0 Å². The Balaban J connectivity index is 1.59. The monoisotopic (exact) mass is 502 g/mol. The average molecular weight is 503 g/mol. The molecule has 0 bridgehead atoms. The van der Waals surface area contributed by atoms with E-state index >= 15 is 0 Å². The number of ether oxygens (including phenoxy) is 1. The van der Waals surface area contributed by atoms with Crippen molar-refractivity contribution in [1.82, 2.24) is 0 Å². The van der Waals surface area contributed by atoms with Gasteiger partial charge in [-0.25, -0.2) is 21.2 Å². The zero-order chi connectivity index (χ0) is 23.9. The number of hydrogen-bond donors (Lipinski definition) is 0. The van der Waals surface area contributed by atoms with E-state index in [0.29, 0.717) is 24.5 Å². The standard InChI is InChI=1S/C24H23FN2O5S2/c25-20-8-4-5-9-24(20)34(30,31)27-21-11-10-19(26-12-14-33(28,29)15-13-26)16-23(21)32-17-22(27)18-6-2-1-3-7-18/h1-11,16,22H,12-15,17H2. The Morgan fingerprint density at radius 3 is 2.29 bits per heavy atom. The second-order valence-corrected chi connectivity index (χ2v) is 12.3. The highest BCUT2D eigenvalue weighted by molar-refractivity contribution is 7.93. The lowest BCUT2D eigenvalue weighted by Crippen LogP contribution is -2.42. The van der Waals surface area contributed by atoms with Gasteiger partial charge in [0.2, 0.25) is 0 Å². The van der Waals surface area contributed by atoms with E-state index in [9.17, 15) is 21.2 Å².